The number of nitrogens with zero attached hydrogens (tertiary/aromatic N) is 2. The van der Waals surface area contributed by atoms with Crippen LogP contribution in [0.5, 0.6) is 0 Å². The molecule has 0 aliphatic carbocycles. The fraction of sp³-hybridized carbons (Fsp3) is 0. The van der Waals surface area contributed by atoms with Crippen molar-refractivity contribution in [3.8, 4) is 0 Å². The minimum atomic E-state index is -0.388. The first kappa shape index (κ1) is 11.9. The molecule has 0 radical (unpaired) electrons. The van der Waals surface area contributed by atoms with Gasteiger partial charge in [0.2, 0.25) is 0 Å². The van der Waals surface area contributed by atoms with Crippen molar-refractivity contribution in [3.05, 3.63) is 58.9 Å². The van der Waals surface area contributed by atoms with Crippen LogP contribution in [0.4, 0.5) is 5.69 Å². The largest absolute Gasteiger partial charge is 0.270 e. The first-order chi connectivity index (χ1) is 8.25. The number of hydrogen-bond donors (Lipinski definition) is 0. The monoisotopic (exact) mass is 264 g/mol. The van der Waals surface area contributed by atoms with E-state index in [-0.39, 0.29) is 10.6 Å². The molecule has 4 nitrogen and oxygen atoms in total. The van der Waals surface area contributed by atoms with Gasteiger partial charge in [-0.2, -0.15) is 0 Å². The van der Waals surface area contributed by atoms with Gasteiger partial charge in [-0.15, -0.1) is 0 Å². The third-order valence-electron chi connectivity index (χ3n) is 1.91. The molecule has 2 rings (SSSR count). The number of nitro groups is 1. The van der Waals surface area contributed by atoms with Crippen LogP contribution in [0.2, 0.25) is 0 Å². The molecule has 0 saturated carbocycles. The van der Waals surface area contributed by atoms with E-state index in [0.29, 0.717) is 0 Å². The molecule has 0 N–H and O–H groups in total. The molecule has 0 spiro atoms. The second-order valence-corrected chi connectivity index (χ2v) is 5.38. The molecule has 0 saturated heterocycles. The van der Waals surface area contributed by atoms with E-state index in [4.69, 9.17) is 0 Å². The van der Waals surface area contributed by atoms with Gasteiger partial charge in [0.25, 0.3) is 5.69 Å². The highest BCUT2D eigenvalue weighted by Gasteiger charge is 2.06. The molecule has 0 bridgehead atoms. The molecule has 0 fully saturated rings. The molecule has 2 aromatic rings. The van der Waals surface area contributed by atoms with Crippen molar-refractivity contribution in [1.82, 2.24) is 4.98 Å². The molecule has 0 atom stereocenters. The number of hydrogen-bond acceptors (Lipinski definition) is 5. The zero-order valence-corrected chi connectivity index (χ0v) is 10.3. The summed E-state index contributed by atoms with van der Waals surface area (Å²) < 4.78 is 0. The van der Waals surface area contributed by atoms with Crippen LogP contribution in [0.25, 0.3) is 0 Å². The maximum atomic E-state index is 10.6. The average Bonchev–Trinajstić information content (AvgIpc) is 2.38. The van der Waals surface area contributed by atoms with Gasteiger partial charge in [-0.25, -0.2) is 0 Å². The first-order valence-corrected chi connectivity index (χ1v) is 6.90. The smallest absolute Gasteiger partial charge is 0.265 e. The lowest BCUT2D eigenvalue weighted by atomic mass is 10.3. The number of nitro benzene ring substituents is 1. The average molecular weight is 264 g/mol. The Labute approximate surface area is 106 Å². The van der Waals surface area contributed by atoms with E-state index in [1.165, 1.54) is 16.9 Å². The lowest BCUT2D eigenvalue weighted by molar-refractivity contribution is -0.385. The number of aromatic nitrogens is 1. The van der Waals surface area contributed by atoms with E-state index in [1.807, 2.05) is 18.2 Å². The van der Waals surface area contributed by atoms with E-state index in [9.17, 15) is 10.1 Å². The quantitative estimate of drug-likeness (QED) is 0.477. The van der Waals surface area contributed by atoms with Crippen molar-refractivity contribution in [2.24, 2.45) is 0 Å². The summed E-state index contributed by atoms with van der Waals surface area (Å²) in [5, 5.41) is 10.6. The molecule has 0 unspecified atom stereocenters. The lowest BCUT2D eigenvalue weighted by Gasteiger charge is -2.00. The number of pyridine rings is 1. The van der Waals surface area contributed by atoms with E-state index < -0.39 is 0 Å². The summed E-state index contributed by atoms with van der Waals surface area (Å²) in [7, 11) is 3.04. The van der Waals surface area contributed by atoms with Crippen LogP contribution in [0.1, 0.15) is 0 Å². The highest BCUT2D eigenvalue weighted by molar-refractivity contribution is 8.76. The third kappa shape index (κ3) is 3.47. The highest BCUT2D eigenvalue weighted by Crippen LogP contribution is 2.37. The molecule has 1 aromatic carbocycles. The lowest BCUT2D eigenvalue weighted by Crippen LogP contribution is -1.86. The Hall–Kier alpha value is -1.53. The van der Waals surface area contributed by atoms with Gasteiger partial charge in [-0.1, -0.05) is 27.7 Å². The second kappa shape index (κ2) is 5.70. The van der Waals surface area contributed by atoms with Crippen molar-refractivity contribution in [2.75, 3.05) is 0 Å². The van der Waals surface area contributed by atoms with E-state index >= 15 is 0 Å². The van der Waals surface area contributed by atoms with Crippen LogP contribution in [0, 0.1) is 10.1 Å². The van der Waals surface area contributed by atoms with E-state index in [1.54, 1.807) is 35.3 Å². The van der Waals surface area contributed by atoms with Gasteiger partial charge < -0.3 is 0 Å². The van der Waals surface area contributed by atoms with Crippen LogP contribution >= 0.6 is 21.6 Å². The standard InChI is InChI=1S/C11H8N2O2S2/c14-13(15)9-2-1-3-11(8-9)17-16-10-4-6-12-7-5-10/h1-8H. The van der Waals surface area contributed by atoms with Crippen molar-refractivity contribution < 1.29 is 4.92 Å². The number of rotatable bonds is 4. The topological polar surface area (TPSA) is 56.0 Å². The van der Waals surface area contributed by atoms with Gasteiger partial charge in [0.15, 0.2) is 0 Å². The van der Waals surface area contributed by atoms with Gasteiger partial charge in [0.1, 0.15) is 0 Å². The minimum absolute atomic E-state index is 0.116. The molecular weight excluding hydrogens is 256 g/mol. The van der Waals surface area contributed by atoms with Gasteiger partial charge in [-0.05, 0) is 18.2 Å². The number of non-ortho nitro benzene ring substituents is 1. The van der Waals surface area contributed by atoms with Gasteiger partial charge in [0.05, 0.1) is 4.92 Å². The summed E-state index contributed by atoms with van der Waals surface area (Å²) >= 11 is 0. The maximum Gasteiger partial charge on any atom is 0.270 e. The molecule has 0 amide bonds. The Morgan fingerprint density at radius 1 is 1.06 bits per heavy atom. The SMILES string of the molecule is O=[N+]([O-])c1cccc(SSc2ccncc2)c1. The van der Waals surface area contributed by atoms with Gasteiger partial charge in [-0.3, -0.25) is 15.1 Å². The molecule has 17 heavy (non-hydrogen) atoms. The molecule has 0 aliphatic heterocycles. The summed E-state index contributed by atoms with van der Waals surface area (Å²) in [5.41, 5.74) is 0.116. The van der Waals surface area contributed by atoms with E-state index in [2.05, 4.69) is 4.98 Å². The Morgan fingerprint density at radius 2 is 1.76 bits per heavy atom. The normalized spacial score (nSPS) is 10.1. The zero-order valence-electron chi connectivity index (χ0n) is 8.65. The predicted octanol–water partition coefficient (Wildman–Crippen LogP) is 3.79. The summed E-state index contributed by atoms with van der Waals surface area (Å²) in [6, 6.07) is 10.4. The van der Waals surface area contributed by atoms with Crippen LogP contribution in [-0.4, -0.2) is 9.91 Å². The summed E-state index contributed by atoms with van der Waals surface area (Å²) in [6.45, 7) is 0. The molecule has 1 aromatic heterocycles. The summed E-state index contributed by atoms with van der Waals surface area (Å²) in [6.07, 6.45) is 3.44. The van der Waals surface area contributed by atoms with Crippen molar-refractivity contribution in [3.63, 3.8) is 0 Å². The molecule has 6 heteroatoms. The maximum absolute atomic E-state index is 10.6. The Bertz CT molecular complexity index is 520. The fourth-order valence-corrected chi connectivity index (χ4v) is 3.09. The van der Waals surface area contributed by atoms with Crippen LogP contribution in [0.15, 0.2) is 58.6 Å². The summed E-state index contributed by atoms with van der Waals surface area (Å²) in [5.74, 6) is 0. The van der Waals surface area contributed by atoms with Crippen LogP contribution in [0.3, 0.4) is 0 Å². The molecule has 0 aliphatic rings. The Kier molecular flexibility index (Phi) is 4.00. The van der Waals surface area contributed by atoms with Crippen molar-refractivity contribution in [1.29, 1.82) is 0 Å². The number of benzene rings is 1. The second-order valence-electron chi connectivity index (χ2n) is 3.10. The molecule has 1 heterocycles. The zero-order chi connectivity index (χ0) is 12.1. The van der Waals surface area contributed by atoms with Gasteiger partial charge >= 0.3 is 0 Å². The van der Waals surface area contributed by atoms with Crippen LogP contribution < -0.4 is 0 Å². The van der Waals surface area contributed by atoms with Crippen LogP contribution in [-0.2, 0) is 0 Å². The Morgan fingerprint density at radius 3 is 2.47 bits per heavy atom. The van der Waals surface area contributed by atoms with Crippen molar-refractivity contribution in [2.45, 2.75) is 9.79 Å². The van der Waals surface area contributed by atoms with Crippen molar-refractivity contribution >= 4 is 27.3 Å². The van der Waals surface area contributed by atoms with E-state index in [0.717, 1.165) is 9.79 Å². The highest BCUT2D eigenvalue weighted by atomic mass is 33.1. The fourth-order valence-electron chi connectivity index (χ4n) is 1.14. The molecule has 86 valence electrons. The molecular formula is C11H8N2O2S2. The minimum Gasteiger partial charge on any atom is -0.265 e. The summed E-state index contributed by atoms with van der Waals surface area (Å²) in [4.78, 5) is 16.1. The third-order valence-corrected chi connectivity index (χ3v) is 4.31. The van der Waals surface area contributed by atoms with Gasteiger partial charge in [0, 0.05) is 34.3 Å². The first-order valence-electron chi connectivity index (χ1n) is 4.75. The Balaban J connectivity index is 2.04. The predicted molar refractivity (Wildman–Crippen MR) is 69.0 cm³/mol.